The fraction of sp³-hybridized carbons (Fsp3) is 0.308. The number of carbonyl (C=O) groups excluding carboxylic acids is 1. The lowest BCUT2D eigenvalue weighted by atomic mass is 10.1. The maximum atomic E-state index is 11.7. The largest absolute Gasteiger partial charge is 0.289 e. The zero-order valence-electron chi connectivity index (χ0n) is 9.40. The number of para-hydroxylation sites is 1. The third-order valence-corrected chi connectivity index (χ3v) is 3.76. The Bertz CT molecular complexity index is 414. The lowest BCUT2D eigenvalue weighted by Gasteiger charge is -2.17. The quantitative estimate of drug-likeness (QED) is 0.638. The van der Waals surface area contributed by atoms with Gasteiger partial charge in [0.1, 0.15) is 6.20 Å². The fourth-order valence-electron chi connectivity index (χ4n) is 1.70. The first kappa shape index (κ1) is 11.4. The van der Waals surface area contributed by atoms with E-state index in [0.29, 0.717) is 0 Å². The van der Waals surface area contributed by atoms with E-state index in [1.165, 1.54) is 17.1 Å². The predicted octanol–water partition coefficient (Wildman–Crippen LogP) is 2.36. The van der Waals surface area contributed by atoms with Crippen LogP contribution in [0.2, 0.25) is 0 Å². The molecule has 1 aliphatic rings. The molecule has 1 heterocycles. The summed E-state index contributed by atoms with van der Waals surface area (Å²) in [6.07, 6.45) is 6.06. The second-order valence-corrected chi connectivity index (χ2v) is 4.95. The Labute approximate surface area is 100 Å². The standard InChI is InChI=1S/C13H15NOS/c1-2-3-10-16-14-9-8-13(15)11-6-4-5-7-12(11)14/h4-9H,2-3,10H2,1H3/p+1. The van der Waals surface area contributed by atoms with E-state index in [0.717, 1.165) is 17.0 Å². The molecule has 2 rings (SSSR count). The Morgan fingerprint density at radius 2 is 2.12 bits per heavy atom. The Balaban J connectivity index is 2.16. The van der Waals surface area contributed by atoms with Crippen LogP contribution < -0.4 is 4.31 Å². The predicted molar refractivity (Wildman–Crippen MR) is 67.9 cm³/mol. The number of ketones is 1. The van der Waals surface area contributed by atoms with Crippen molar-refractivity contribution in [1.82, 2.24) is 0 Å². The van der Waals surface area contributed by atoms with Crippen molar-refractivity contribution in [2.24, 2.45) is 0 Å². The highest BCUT2D eigenvalue weighted by Crippen LogP contribution is 2.17. The van der Waals surface area contributed by atoms with Gasteiger partial charge >= 0.3 is 0 Å². The Morgan fingerprint density at radius 1 is 1.31 bits per heavy atom. The molecule has 0 aliphatic carbocycles. The van der Waals surface area contributed by atoms with Crippen molar-refractivity contribution in [3.8, 4) is 0 Å². The number of hydrogen-bond donors (Lipinski definition) is 1. The van der Waals surface area contributed by atoms with Gasteiger partial charge in [-0.15, -0.1) is 0 Å². The van der Waals surface area contributed by atoms with Crippen LogP contribution in [-0.4, -0.2) is 11.5 Å². The molecular formula is C13H16NOS+. The summed E-state index contributed by atoms with van der Waals surface area (Å²) in [4.78, 5) is 11.7. The number of allylic oxidation sites excluding steroid dienone is 1. The van der Waals surface area contributed by atoms with Crippen LogP contribution in [0, 0.1) is 0 Å². The van der Waals surface area contributed by atoms with Gasteiger partial charge in [-0.05, 0) is 12.5 Å². The van der Waals surface area contributed by atoms with Gasteiger partial charge in [0.2, 0.25) is 0 Å². The molecule has 0 aromatic heterocycles. The van der Waals surface area contributed by atoms with Crippen molar-refractivity contribution in [2.75, 3.05) is 5.75 Å². The first-order valence-corrected chi connectivity index (χ1v) is 6.63. The van der Waals surface area contributed by atoms with E-state index in [4.69, 9.17) is 0 Å². The molecular weight excluding hydrogens is 218 g/mol. The van der Waals surface area contributed by atoms with Gasteiger partial charge in [-0.1, -0.05) is 25.5 Å². The number of nitrogens with one attached hydrogen (secondary N) is 1. The Kier molecular flexibility index (Phi) is 3.80. The molecule has 1 aromatic carbocycles. The summed E-state index contributed by atoms with van der Waals surface area (Å²) in [7, 11) is 0. The monoisotopic (exact) mass is 234 g/mol. The van der Waals surface area contributed by atoms with Gasteiger partial charge in [0.15, 0.2) is 11.5 Å². The summed E-state index contributed by atoms with van der Waals surface area (Å²) >= 11 is 1.84. The van der Waals surface area contributed by atoms with E-state index in [9.17, 15) is 4.79 Å². The number of fused-ring (bicyclic) bond motifs is 1. The van der Waals surface area contributed by atoms with Gasteiger partial charge < -0.3 is 0 Å². The van der Waals surface area contributed by atoms with E-state index >= 15 is 0 Å². The molecule has 16 heavy (non-hydrogen) atoms. The van der Waals surface area contributed by atoms with E-state index in [-0.39, 0.29) is 5.78 Å². The minimum Gasteiger partial charge on any atom is -0.289 e. The molecule has 1 atom stereocenters. The zero-order chi connectivity index (χ0) is 11.4. The van der Waals surface area contributed by atoms with E-state index < -0.39 is 0 Å². The molecule has 84 valence electrons. The van der Waals surface area contributed by atoms with E-state index in [1.807, 2.05) is 42.4 Å². The number of rotatable bonds is 4. The maximum absolute atomic E-state index is 11.7. The summed E-state index contributed by atoms with van der Waals surface area (Å²) < 4.78 is 1.23. The van der Waals surface area contributed by atoms with Gasteiger partial charge in [-0.25, -0.2) is 4.31 Å². The molecule has 0 saturated carbocycles. The number of carbonyl (C=O) groups is 1. The molecule has 3 heteroatoms. The molecule has 1 aliphatic heterocycles. The average molecular weight is 234 g/mol. The Hall–Kier alpha value is -1.06. The second kappa shape index (κ2) is 5.32. The maximum Gasteiger partial charge on any atom is 0.197 e. The van der Waals surface area contributed by atoms with Crippen LogP contribution in [0.15, 0.2) is 36.5 Å². The summed E-state index contributed by atoms with van der Waals surface area (Å²) in [5.74, 6) is 1.24. The number of quaternary nitrogens is 1. The molecule has 0 radical (unpaired) electrons. The number of hydrogen-bond acceptors (Lipinski definition) is 2. The highest BCUT2D eigenvalue weighted by molar-refractivity contribution is 7.93. The van der Waals surface area contributed by atoms with Gasteiger partial charge in [0.05, 0.1) is 17.5 Å². The molecule has 1 aromatic rings. The molecule has 1 N–H and O–H groups in total. The number of unbranched alkanes of at least 4 members (excludes halogenated alkanes) is 1. The zero-order valence-corrected chi connectivity index (χ0v) is 10.2. The van der Waals surface area contributed by atoms with Gasteiger partial charge in [0, 0.05) is 17.9 Å². The highest BCUT2D eigenvalue weighted by atomic mass is 32.2. The first-order chi connectivity index (χ1) is 7.83. The van der Waals surface area contributed by atoms with Crippen molar-refractivity contribution in [3.05, 3.63) is 42.1 Å². The topological polar surface area (TPSA) is 21.5 Å². The lowest BCUT2D eigenvalue weighted by Crippen LogP contribution is -2.96. The summed E-state index contributed by atoms with van der Waals surface area (Å²) in [6, 6.07) is 7.85. The fourth-order valence-corrected chi connectivity index (χ4v) is 2.85. The van der Waals surface area contributed by atoms with Crippen LogP contribution in [-0.2, 0) is 0 Å². The summed E-state index contributed by atoms with van der Waals surface area (Å²) in [5, 5.41) is 0. The van der Waals surface area contributed by atoms with E-state index in [2.05, 4.69) is 6.92 Å². The molecule has 0 amide bonds. The van der Waals surface area contributed by atoms with Gasteiger partial charge in [0.25, 0.3) is 0 Å². The van der Waals surface area contributed by atoms with Gasteiger partial charge in [-0.3, -0.25) is 4.79 Å². The minimum atomic E-state index is 0.121. The van der Waals surface area contributed by atoms with Crippen LogP contribution in [0.25, 0.3) is 0 Å². The SMILES string of the molecule is CCCCS[NH+]1C=CC(=O)c2ccccc21. The van der Waals surface area contributed by atoms with Crippen molar-refractivity contribution >= 4 is 23.4 Å². The molecule has 0 saturated heterocycles. The van der Waals surface area contributed by atoms with Gasteiger partial charge in [-0.2, -0.15) is 0 Å². The smallest absolute Gasteiger partial charge is 0.197 e. The molecule has 1 unspecified atom stereocenters. The summed E-state index contributed by atoms with van der Waals surface area (Å²) in [6.45, 7) is 2.19. The third kappa shape index (κ3) is 2.36. The average Bonchev–Trinajstić information content (AvgIpc) is 2.33. The minimum absolute atomic E-state index is 0.121. The van der Waals surface area contributed by atoms with Crippen molar-refractivity contribution in [1.29, 1.82) is 0 Å². The van der Waals surface area contributed by atoms with E-state index in [1.54, 1.807) is 6.08 Å². The first-order valence-electron chi connectivity index (χ1n) is 5.64. The van der Waals surface area contributed by atoms with Crippen LogP contribution in [0.5, 0.6) is 0 Å². The van der Waals surface area contributed by atoms with Crippen molar-refractivity contribution in [3.63, 3.8) is 0 Å². The van der Waals surface area contributed by atoms with Crippen molar-refractivity contribution < 1.29 is 9.10 Å². The summed E-state index contributed by atoms with van der Waals surface area (Å²) in [5.41, 5.74) is 1.93. The molecule has 0 fully saturated rings. The highest BCUT2D eigenvalue weighted by Gasteiger charge is 2.23. The van der Waals surface area contributed by atoms with Crippen LogP contribution >= 0.6 is 11.9 Å². The molecule has 2 nitrogen and oxygen atoms in total. The van der Waals surface area contributed by atoms with Crippen molar-refractivity contribution in [2.45, 2.75) is 19.8 Å². The normalized spacial score (nSPS) is 18.6. The Morgan fingerprint density at radius 3 is 2.94 bits per heavy atom. The second-order valence-electron chi connectivity index (χ2n) is 3.81. The van der Waals surface area contributed by atoms with Crippen LogP contribution in [0.3, 0.4) is 0 Å². The molecule has 0 bridgehead atoms. The number of benzene rings is 1. The van der Waals surface area contributed by atoms with Crippen LogP contribution in [0.4, 0.5) is 5.69 Å². The molecule has 0 spiro atoms. The van der Waals surface area contributed by atoms with Crippen LogP contribution in [0.1, 0.15) is 30.1 Å². The third-order valence-electron chi connectivity index (χ3n) is 2.60. The lowest BCUT2D eigenvalue weighted by molar-refractivity contribution is -0.609.